The average Bonchev–Trinajstić information content (AvgIpc) is 2.90. The molecule has 8 nitrogen and oxygen atoms in total. The number of esters is 1. The molecule has 0 radical (unpaired) electrons. The fourth-order valence-electron chi connectivity index (χ4n) is 3.67. The molecule has 0 bridgehead atoms. The zero-order valence-electron chi connectivity index (χ0n) is 21.1. The van der Waals surface area contributed by atoms with Crippen LogP contribution in [0.4, 0.5) is 0 Å². The van der Waals surface area contributed by atoms with E-state index in [0.29, 0.717) is 33.9 Å². The van der Waals surface area contributed by atoms with Crippen LogP contribution in [0.15, 0.2) is 70.1 Å². The SMILES string of the molecule is COc1cc(/C=C/C(=O)Oc2ccc3c(=O)c(Oc4cc(C)ccc4C)coc3c2)cc(OC)c1OC. The first-order valence-corrected chi connectivity index (χ1v) is 11.3. The van der Waals surface area contributed by atoms with Crippen molar-refractivity contribution in [3.05, 3.63) is 87.8 Å². The Bertz CT molecular complexity index is 1520. The van der Waals surface area contributed by atoms with Crippen molar-refractivity contribution in [1.82, 2.24) is 0 Å². The summed E-state index contributed by atoms with van der Waals surface area (Å²) in [5.74, 6) is 1.62. The summed E-state index contributed by atoms with van der Waals surface area (Å²) < 4.78 is 32.8. The van der Waals surface area contributed by atoms with Crippen molar-refractivity contribution in [3.8, 4) is 34.5 Å². The van der Waals surface area contributed by atoms with Crippen molar-refractivity contribution in [2.45, 2.75) is 13.8 Å². The molecular formula is C29H26O8. The van der Waals surface area contributed by atoms with Crippen molar-refractivity contribution in [2.75, 3.05) is 21.3 Å². The van der Waals surface area contributed by atoms with Crippen molar-refractivity contribution in [1.29, 1.82) is 0 Å². The van der Waals surface area contributed by atoms with Gasteiger partial charge in [-0.05, 0) is 66.9 Å². The number of aryl methyl sites for hydroxylation is 2. The number of carbonyl (C=O) groups excluding carboxylic acids is 1. The smallest absolute Gasteiger partial charge is 0.336 e. The lowest BCUT2D eigenvalue weighted by molar-refractivity contribution is -0.128. The van der Waals surface area contributed by atoms with Gasteiger partial charge in [0.2, 0.25) is 16.9 Å². The van der Waals surface area contributed by atoms with Gasteiger partial charge in [0.1, 0.15) is 23.3 Å². The summed E-state index contributed by atoms with van der Waals surface area (Å²) in [6, 6.07) is 13.7. The minimum atomic E-state index is -0.620. The van der Waals surface area contributed by atoms with Gasteiger partial charge >= 0.3 is 5.97 Å². The second-order valence-electron chi connectivity index (χ2n) is 8.17. The van der Waals surface area contributed by atoms with Crippen LogP contribution in [0, 0.1) is 13.8 Å². The van der Waals surface area contributed by atoms with Crippen molar-refractivity contribution < 1.29 is 32.9 Å². The maximum absolute atomic E-state index is 12.9. The standard InChI is InChI=1S/C29H26O8/c1-17-6-7-18(2)22(12-17)37-26-16-35-23-15-20(9-10-21(23)28(26)31)36-27(30)11-8-19-13-24(32-3)29(34-5)25(14-19)33-4/h6-16H,1-5H3/b11-8+. The molecule has 37 heavy (non-hydrogen) atoms. The number of methoxy groups -OCH3 is 3. The van der Waals surface area contributed by atoms with Gasteiger partial charge in [-0.1, -0.05) is 12.1 Å². The molecule has 4 aromatic rings. The molecule has 0 unspecified atom stereocenters. The third kappa shape index (κ3) is 5.59. The second-order valence-corrected chi connectivity index (χ2v) is 8.17. The normalized spacial score (nSPS) is 10.9. The molecule has 8 heteroatoms. The van der Waals surface area contributed by atoms with Gasteiger partial charge in [-0.2, -0.15) is 0 Å². The highest BCUT2D eigenvalue weighted by Crippen LogP contribution is 2.38. The van der Waals surface area contributed by atoms with Crippen LogP contribution >= 0.6 is 0 Å². The molecule has 0 aliphatic rings. The summed E-state index contributed by atoms with van der Waals surface area (Å²) in [6.45, 7) is 3.84. The summed E-state index contributed by atoms with van der Waals surface area (Å²) in [5, 5.41) is 0.301. The highest BCUT2D eigenvalue weighted by Gasteiger charge is 2.14. The monoisotopic (exact) mass is 502 g/mol. The van der Waals surface area contributed by atoms with Gasteiger partial charge in [0, 0.05) is 12.1 Å². The lowest BCUT2D eigenvalue weighted by Gasteiger charge is -2.12. The highest BCUT2D eigenvalue weighted by atomic mass is 16.5. The summed E-state index contributed by atoms with van der Waals surface area (Å²) in [5.41, 5.74) is 2.48. The third-order valence-electron chi connectivity index (χ3n) is 5.60. The van der Waals surface area contributed by atoms with Crippen molar-refractivity contribution in [2.24, 2.45) is 0 Å². The Labute approximate surface area is 213 Å². The fourth-order valence-corrected chi connectivity index (χ4v) is 3.67. The summed E-state index contributed by atoms with van der Waals surface area (Å²) >= 11 is 0. The van der Waals surface area contributed by atoms with Crippen LogP contribution in [0.1, 0.15) is 16.7 Å². The Kier molecular flexibility index (Phi) is 7.48. The van der Waals surface area contributed by atoms with Crippen LogP contribution in [0.5, 0.6) is 34.5 Å². The molecule has 0 saturated carbocycles. The molecule has 0 aliphatic carbocycles. The number of carbonyl (C=O) groups is 1. The Hall–Kier alpha value is -4.72. The van der Waals surface area contributed by atoms with Crippen molar-refractivity contribution >= 4 is 23.0 Å². The molecular weight excluding hydrogens is 476 g/mol. The molecule has 0 aliphatic heterocycles. The minimum Gasteiger partial charge on any atom is -0.493 e. The first kappa shape index (κ1) is 25.4. The van der Waals surface area contributed by atoms with Gasteiger partial charge in [-0.25, -0.2) is 4.79 Å². The first-order chi connectivity index (χ1) is 17.8. The first-order valence-electron chi connectivity index (χ1n) is 11.3. The lowest BCUT2D eigenvalue weighted by atomic mass is 10.1. The van der Waals surface area contributed by atoms with Crippen LogP contribution in [0.2, 0.25) is 0 Å². The van der Waals surface area contributed by atoms with E-state index < -0.39 is 5.97 Å². The van der Waals surface area contributed by atoms with Crippen LogP contribution < -0.4 is 29.1 Å². The van der Waals surface area contributed by atoms with E-state index in [9.17, 15) is 9.59 Å². The van der Waals surface area contributed by atoms with Crippen LogP contribution in [-0.2, 0) is 4.79 Å². The number of ether oxygens (including phenoxy) is 5. The van der Waals surface area contributed by atoms with Gasteiger partial charge in [-0.15, -0.1) is 0 Å². The maximum Gasteiger partial charge on any atom is 0.336 e. The minimum absolute atomic E-state index is 0.0687. The van der Waals surface area contributed by atoms with Gasteiger partial charge in [0.05, 0.1) is 26.7 Å². The van der Waals surface area contributed by atoms with Crippen molar-refractivity contribution in [3.63, 3.8) is 0 Å². The van der Waals surface area contributed by atoms with Crippen LogP contribution in [0.3, 0.4) is 0 Å². The molecule has 0 spiro atoms. The van der Waals surface area contributed by atoms with E-state index in [0.717, 1.165) is 11.1 Å². The number of rotatable bonds is 8. The Balaban J connectivity index is 1.52. The quantitative estimate of drug-likeness (QED) is 0.168. The lowest BCUT2D eigenvalue weighted by Crippen LogP contribution is -2.07. The number of hydrogen-bond acceptors (Lipinski definition) is 8. The predicted molar refractivity (Wildman–Crippen MR) is 139 cm³/mol. The zero-order chi connectivity index (χ0) is 26.5. The number of benzene rings is 3. The number of hydrogen-bond donors (Lipinski definition) is 0. The fraction of sp³-hybridized carbons (Fsp3) is 0.172. The topological polar surface area (TPSA) is 93.4 Å². The summed E-state index contributed by atoms with van der Waals surface area (Å²) in [6.07, 6.45) is 4.08. The molecule has 3 aromatic carbocycles. The molecule has 4 rings (SSSR count). The molecule has 0 N–H and O–H groups in total. The van der Waals surface area contributed by atoms with E-state index in [1.165, 1.54) is 51.9 Å². The van der Waals surface area contributed by atoms with Crippen LogP contribution in [0.25, 0.3) is 17.0 Å². The largest absolute Gasteiger partial charge is 0.493 e. The molecule has 0 fully saturated rings. The zero-order valence-corrected chi connectivity index (χ0v) is 21.1. The van der Waals surface area contributed by atoms with E-state index >= 15 is 0 Å². The highest BCUT2D eigenvalue weighted by molar-refractivity contribution is 5.89. The third-order valence-corrected chi connectivity index (χ3v) is 5.60. The molecule has 0 saturated heterocycles. The predicted octanol–water partition coefficient (Wildman–Crippen LogP) is 5.85. The number of fused-ring (bicyclic) bond motifs is 1. The van der Waals surface area contributed by atoms with Gasteiger partial charge in [0.25, 0.3) is 0 Å². The van der Waals surface area contributed by atoms with Gasteiger partial charge in [-0.3, -0.25) is 4.79 Å². The van der Waals surface area contributed by atoms with E-state index in [-0.39, 0.29) is 22.5 Å². The summed E-state index contributed by atoms with van der Waals surface area (Å²) in [4.78, 5) is 25.4. The molecule has 1 heterocycles. The molecule has 190 valence electrons. The van der Waals surface area contributed by atoms with E-state index in [4.69, 9.17) is 28.1 Å². The molecule has 0 amide bonds. The average molecular weight is 503 g/mol. The molecule has 1 aromatic heterocycles. The van der Waals surface area contributed by atoms with E-state index in [1.54, 1.807) is 18.2 Å². The molecule has 0 atom stereocenters. The van der Waals surface area contributed by atoms with E-state index in [1.807, 2.05) is 32.0 Å². The van der Waals surface area contributed by atoms with Gasteiger partial charge < -0.3 is 28.1 Å². The second kappa shape index (κ2) is 10.9. The Morgan fingerprint density at radius 2 is 1.57 bits per heavy atom. The summed E-state index contributed by atoms with van der Waals surface area (Å²) in [7, 11) is 4.53. The maximum atomic E-state index is 12.9. The van der Waals surface area contributed by atoms with Gasteiger partial charge in [0.15, 0.2) is 11.5 Å². The van der Waals surface area contributed by atoms with E-state index in [2.05, 4.69) is 0 Å². The van der Waals surface area contributed by atoms with Crippen LogP contribution in [-0.4, -0.2) is 27.3 Å². The Morgan fingerprint density at radius 3 is 2.24 bits per heavy atom. The Morgan fingerprint density at radius 1 is 0.838 bits per heavy atom.